The van der Waals surface area contributed by atoms with Crippen LogP contribution in [0.4, 0.5) is 11.8 Å². The molecule has 0 aliphatic rings. The Morgan fingerprint density at radius 3 is 2.72 bits per heavy atom. The summed E-state index contributed by atoms with van der Waals surface area (Å²) >= 11 is 2.16. The maximum Gasteiger partial charge on any atom is 0.222 e. The topological polar surface area (TPSA) is 87.0 Å². The molecule has 0 bridgehead atoms. The minimum Gasteiger partial charge on any atom is -0.450 e. The van der Waals surface area contributed by atoms with Crippen molar-refractivity contribution in [3.8, 4) is 23.8 Å². The van der Waals surface area contributed by atoms with Gasteiger partial charge in [0.25, 0.3) is 0 Å². The third-order valence-corrected chi connectivity index (χ3v) is 2.79. The maximum atomic E-state index is 5.69. The van der Waals surface area contributed by atoms with E-state index in [0.29, 0.717) is 17.1 Å². The molecule has 0 saturated heterocycles. The lowest BCUT2D eigenvalue weighted by atomic mass is 10.2. The summed E-state index contributed by atoms with van der Waals surface area (Å²) in [6.45, 7) is 0. The molecular formula is C12H9IN4O. The van der Waals surface area contributed by atoms with Gasteiger partial charge in [-0.2, -0.15) is 4.98 Å². The largest absolute Gasteiger partial charge is 0.450 e. The Hall–Kier alpha value is -2.01. The molecule has 0 fully saturated rings. The Bertz CT molecular complexity index is 636. The molecule has 2 rings (SSSR count). The Kier molecular flexibility index (Phi) is 3.53. The number of halogens is 1. The molecular weight excluding hydrogens is 343 g/mol. The number of ether oxygens (including phenoxy) is 1. The van der Waals surface area contributed by atoms with Crippen LogP contribution in [-0.4, -0.2) is 9.97 Å². The normalized spacial score (nSPS) is 9.78. The van der Waals surface area contributed by atoms with Crippen LogP contribution in [0.2, 0.25) is 0 Å². The average molecular weight is 352 g/mol. The second kappa shape index (κ2) is 5.10. The van der Waals surface area contributed by atoms with E-state index >= 15 is 0 Å². The number of nitrogens with two attached hydrogens (primary N) is 2. The van der Waals surface area contributed by atoms with Crippen LogP contribution in [0.15, 0.2) is 24.4 Å². The fraction of sp³-hybridized carbons (Fsp3) is 0. The van der Waals surface area contributed by atoms with E-state index in [9.17, 15) is 0 Å². The van der Waals surface area contributed by atoms with Crippen LogP contribution in [-0.2, 0) is 0 Å². The first kappa shape index (κ1) is 12.4. The zero-order valence-electron chi connectivity index (χ0n) is 9.22. The number of hydrogen-bond donors (Lipinski definition) is 2. The molecule has 0 aliphatic carbocycles. The van der Waals surface area contributed by atoms with Crippen LogP contribution in [0.25, 0.3) is 0 Å². The van der Waals surface area contributed by atoms with Gasteiger partial charge in [0.1, 0.15) is 5.75 Å². The van der Waals surface area contributed by atoms with E-state index in [4.69, 9.17) is 22.6 Å². The standard InChI is InChI=1S/C12H9IN4O/c1-2-7-3-4-8(13)5-9(7)18-10-6-16-12(15)17-11(10)14/h1,3-6H,(H4,14,15,16,17). The molecule has 0 saturated carbocycles. The Labute approximate surface area is 118 Å². The Balaban J connectivity index is 2.40. The van der Waals surface area contributed by atoms with Gasteiger partial charge >= 0.3 is 0 Å². The molecule has 1 aromatic carbocycles. The molecule has 0 aliphatic heterocycles. The highest BCUT2D eigenvalue weighted by Gasteiger charge is 2.08. The van der Waals surface area contributed by atoms with Gasteiger partial charge in [0, 0.05) is 3.57 Å². The molecule has 1 heterocycles. The number of hydrogen-bond acceptors (Lipinski definition) is 5. The molecule has 18 heavy (non-hydrogen) atoms. The van der Waals surface area contributed by atoms with Gasteiger partial charge in [-0.15, -0.1) is 6.42 Å². The Morgan fingerprint density at radius 1 is 1.28 bits per heavy atom. The molecule has 0 atom stereocenters. The molecule has 0 radical (unpaired) electrons. The van der Waals surface area contributed by atoms with Crippen molar-refractivity contribution in [1.82, 2.24) is 9.97 Å². The lowest BCUT2D eigenvalue weighted by molar-refractivity contribution is 0.479. The van der Waals surface area contributed by atoms with Gasteiger partial charge in [0.15, 0.2) is 11.6 Å². The van der Waals surface area contributed by atoms with Gasteiger partial charge in [-0.05, 0) is 40.8 Å². The average Bonchev–Trinajstić information content (AvgIpc) is 2.33. The smallest absolute Gasteiger partial charge is 0.222 e. The van der Waals surface area contributed by atoms with Crippen LogP contribution in [0.1, 0.15) is 5.56 Å². The molecule has 90 valence electrons. The van der Waals surface area contributed by atoms with Crippen LogP contribution < -0.4 is 16.2 Å². The SMILES string of the molecule is C#Cc1ccc(I)cc1Oc1cnc(N)nc1N. The second-order valence-corrected chi connectivity index (χ2v) is 4.61. The monoisotopic (exact) mass is 352 g/mol. The highest BCUT2D eigenvalue weighted by Crippen LogP contribution is 2.29. The fourth-order valence-electron chi connectivity index (χ4n) is 1.30. The number of nitrogens with zero attached hydrogens (tertiary/aromatic N) is 2. The zero-order valence-corrected chi connectivity index (χ0v) is 11.4. The van der Waals surface area contributed by atoms with Crippen molar-refractivity contribution in [2.75, 3.05) is 11.5 Å². The number of aromatic nitrogens is 2. The fourth-order valence-corrected chi connectivity index (χ4v) is 1.76. The summed E-state index contributed by atoms with van der Waals surface area (Å²) in [6, 6.07) is 5.50. The van der Waals surface area contributed by atoms with Crippen LogP contribution in [0.5, 0.6) is 11.5 Å². The van der Waals surface area contributed by atoms with E-state index in [1.165, 1.54) is 6.20 Å². The van der Waals surface area contributed by atoms with Crippen molar-refractivity contribution in [3.63, 3.8) is 0 Å². The highest BCUT2D eigenvalue weighted by molar-refractivity contribution is 14.1. The molecule has 6 heteroatoms. The van der Waals surface area contributed by atoms with E-state index in [0.717, 1.165) is 3.57 Å². The minimum atomic E-state index is 0.0969. The van der Waals surface area contributed by atoms with Crippen LogP contribution in [0.3, 0.4) is 0 Å². The summed E-state index contributed by atoms with van der Waals surface area (Å²) in [6.07, 6.45) is 6.82. The number of nitrogen functional groups attached to an aromatic ring is 2. The summed E-state index contributed by atoms with van der Waals surface area (Å²) < 4.78 is 6.61. The lowest BCUT2D eigenvalue weighted by Crippen LogP contribution is -2.01. The molecule has 2 aromatic rings. The predicted molar refractivity (Wildman–Crippen MR) is 78.0 cm³/mol. The summed E-state index contributed by atoms with van der Waals surface area (Å²) in [5.41, 5.74) is 11.7. The first-order valence-electron chi connectivity index (χ1n) is 4.92. The second-order valence-electron chi connectivity index (χ2n) is 3.36. The molecule has 0 unspecified atom stereocenters. The van der Waals surface area contributed by atoms with Crippen molar-refractivity contribution in [2.24, 2.45) is 0 Å². The van der Waals surface area contributed by atoms with Gasteiger partial charge in [-0.25, -0.2) is 4.98 Å². The van der Waals surface area contributed by atoms with E-state index in [2.05, 4.69) is 38.5 Å². The third kappa shape index (κ3) is 2.62. The third-order valence-electron chi connectivity index (χ3n) is 2.12. The van der Waals surface area contributed by atoms with Crippen LogP contribution >= 0.6 is 22.6 Å². The van der Waals surface area contributed by atoms with Crippen molar-refractivity contribution >= 4 is 34.4 Å². The molecule has 0 spiro atoms. The zero-order chi connectivity index (χ0) is 13.1. The summed E-state index contributed by atoms with van der Waals surface area (Å²) in [5.74, 6) is 3.66. The van der Waals surface area contributed by atoms with E-state index in [-0.39, 0.29) is 11.8 Å². The number of anilines is 2. The summed E-state index contributed by atoms with van der Waals surface area (Å²) in [5, 5.41) is 0. The maximum absolute atomic E-state index is 5.69. The van der Waals surface area contributed by atoms with Crippen molar-refractivity contribution < 1.29 is 4.74 Å². The Morgan fingerprint density at radius 2 is 2.06 bits per heavy atom. The number of benzene rings is 1. The van der Waals surface area contributed by atoms with Gasteiger partial charge in [-0.3, -0.25) is 0 Å². The first-order chi connectivity index (χ1) is 8.60. The molecule has 5 nitrogen and oxygen atoms in total. The van der Waals surface area contributed by atoms with Gasteiger partial charge in [-0.1, -0.05) is 5.92 Å². The molecule has 1 aromatic heterocycles. The first-order valence-corrected chi connectivity index (χ1v) is 6.00. The summed E-state index contributed by atoms with van der Waals surface area (Å²) in [7, 11) is 0. The van der Waals surface area contributed by atoms with E-state index in [1.54, 1.807) is 6.07 Å². The van der Waals surface area contributed by atoms with E-state index in [1.807, 2.05) is 12.1 Å². The quantitative estimate of drug-likeness (QED) is 0.638. The highest BCUT2D eigenvalue weighted by atomic mass is 127. The number of rotatable bonds is 2. The van der Waals surface area contributed by atoms with Crippen molar-refractivity contribution in [1.29, 1.82) is 0 Å². The van der Waals surface area contributed by atoms with E-state index < -0.39 is 0 Å². The summed E-state index contributed by atoms with van der Waals surface area (Å²) in [4.78, 5) is 7.64. The van der Waals surface area contributed by atoms with Crippen molar-refractivity contribution in [2.45, 2.75) is 0 Å². The molecule has 4 N–H and O–H groups in total. The van der Waals surface area contributed by atoms with Gasteiger partial charge in [0.2, 0.25) is 5.95 Å². The van der Waals surface area contributed by atoms with Gasteiger partial charge < -0.3 is 16.2 Å². The minimum absolute atomic E-state index is 0.0969. The molecule has 0 amide bonds. The predicted octanol–water partition coefficient (Wildman–Crippen LogP) is 2.02. The lowest BCUT2D eigenvalue weighted by Gasteiger charge is -2.09. The van der Waals surface area contributed by atoms with Gasteiger partial charge in [0.05, 0.1) is 11.8 Å². The number of terminal acetylenes is 1. The van der Waals surface area contributed by atoms with Crippen LogP contribution in [0, 0.1) is 15.9 Å². The van der Waals surface area contributed by atoms with Crippen molar-refractivity contribution in [3.05, 3.63) is 33.5 Å².